The number of esters is 2. The van der Waals surface area contributed by atoms with E-state index < -0.39 is 38.3 Å². The predicted octanol–water partition coefficient (Wildman–Crippen LogP) is 11.3. The minimum Gasteiger partial charge on any atom is -0.462 e. The summed E-state index contributed by atoms with van der Waals surface area (Å²) < 4.78 is 29.8. The van der Waals surface area contributed by atoms with Gasteiger partial charge in [0, 0.05) is 19.3 Å². The summed E-state index contributed by atoms with van der Waals surface area (Å²) in [6.45, 7) is 5.63. The molecule has 0 aromatic rings. The second-order valence-corrected chi connectivity index (χ2v) is 18.5. The molecule has 326 valence electrons. The molecule has 11 heteroatoms. The molecule has 3 N–H and O–H groups in total. The van der Waals surface area contributed by atoms with Crippen molar-refractivity contribution in [2.24, 2.45) is 0 Å². The van der Waals surface area contributed by atoms with E-state index in [0.717, 1.165) is 38.5 Å². The Labute approximate surface area is 337 Å². The zero-order valence-electron chi connectivity index (χ0n) is 36.2. The number of aliphatic hydroxyl groups excluding tert-OH is 1. The van der Waals surface area contributed by atoms with Crippen LogP contribution in [0.1, 0.15) is 207 Å². The van der Waals surface area contributed by atoms with Gasteiger partial charge in [-0.3, -0.25) is 14.2 Å². The third-order valence-electron chi connectivity index (χ3n) is 10.7. The Kier molecular flexibility index (Phi) is 35.0. The summed E-state index contributed by atoms with van der Waals surface area (Å²) in [5.41, 5.74) is 0. The van der Waals surface area contributed by atoms with Crippen molar-refractivity contribution in [2.45, 2.75) is 225 Å². The smallest absolute Gasteiger partial charge is 0.384 e. The van der Waals surface area contributed by atoms with Crippen LogP contribution >= 0.6 is 7.60 Å². The Morgan fingerprint density at radius 2 is 1.02 bits per heavy atom. The van der Waals surface area contributed by atoms with Crippen molar-refractivity contribution >= 4 is 19.5 Å². The molecule has 0 fully saturated rings. The van der Waals surface area contributed by atoms with Crippen molar-refractivity contribution in [1.29, 1.82) is 0 Å². The first-order valence-electron chi connectivity index (χ1n) is 22.5. The van der Waals surface area contributed by atoms with Gasteiger partial charge in [-0.15, -0.1) is 0 Å². The van der Waals surface area contributed by atoms with E-state index >= 15 is 0 Å². The number of carbonyl (C=O) groups is 2. The average molecular weight is 805 g/mol. The van der Waals surface area contributed by atoms with Crippen LogP contribution in [0.3, 0.4) is 0 Å². The Bertz CT molecular complexity index is 990. The number of aliphatic hydroxyl groups is 2. The molecular weight excluding hydrogens is 717 g/mol. The van der Waals surface area contributed by atoms with Crippen molar-refractivity contribution in [3.63, 3.8) is 0 Å². The summed E-state index contributed by atoms with van der Waals surface area (Å²) in [6.07, 6.45) is 33.5. The normalized spacial score (nSPS) is 14.3. The number of hydrogen-bond donors (Lipinski definition) is 3. The maximum absolute atomic E-state index is 13.2. The van der Waals surface area contributed by atoms with Gasteiger partial charge in [0.2, 0.25) is 0 Å². The summed E-state index contributed by atoms with van der Waals surface area (Å²) in [5, 5.41) is 18.6. The highest BCUT2D eigenvalue weighted by atomic mass is 31.2. The van der Waals surface area contributed by atoms with Crippen LogP contribution in [0, 0.1) is 0 Å². The van der Waals surface area contributed by atoms with Crippen molar-refractivity contribution in [3.05, 3.63) is 12.2 Å². The van der Waals surface area contributed by atoms with Gasteiger partial charge in [0.15, 0.2) is 18.2 Å². The molecule has 0 saturated carbocycles. The molecule has 0 saturated heterocycles. The molecular formula is C44H87NO9P+. The molecule has 55 heavy (non-hydrogen) atoms. The zero-order valence-corrected chi connectivity index (χ0v) is 37.1. The van der Waals surface area contributed by atoms with Gasteiger partial charge in [-0.2, -0.15) is 0 Å². The largest absolute Gasteiger partial charge is 0.462 e. The maximum atomic E-state index is 13.2. The molecule has 0 aliphatic carbocycles. The minimum atomic E-state index is -4.24. The lowest BCUT2D eigenvalue weighted by Gasteiger charge is -2.37. The highest BCUT2D eigenvalue weighted by molar-refractivity contribution is 7.53. The number of unbranched alkanes of at least 4 members (excludes halogenated alkanes) is 23. The summed E-state index contributed by atoms with van der Waals surface area (Å²) >= 11 is 0. The first-order chi connectivity index (χ1) is 26.4. The van der Waals surface area contributed by atoms with Crippen LogP contribution in [0.25, 0.3) is 0 Å². The van der Waals surface area contributed by atoms with Crippen LogP contribution in [-0.2, 0) is 28.2 Å². The van der Waals surface area contributed by atoms with E-state index in [4.69, 9.17) is 14.0 Å². The van der Waals surface area contributed by atoms with E-state index in [1.54, 1.807) is 21.0 Å². The number of hydrogen-bond acceptors (Lipinski definition) is 8. The van der Waals surface area contributed by atoms with Crippen LogP contribution in [0.5, 0.6) is 0 Å². The minimum absolute atomic E-state index is 0.0115. The van der Waals surface area contributed by atoms with E-state index in [0.29, 0.717) is 6.42 Å². The Balaban J connectivity index is 4.64. The first kappa shape index (κ1) is 53.7. The SMILES string of the molecule is CCCCCCCCC/C=C\CCCCC(=O)O[C@H](COC(=O)CCCCCCCCCCCCCCCCC)COP(=O)(O)C(C)[N+](C)(C)CCC(O)O. The molecule has 0 rings (SSSR count). The van der Waals surface area contributed by atoms with Crippen LogP contribution in [-0.4, -0.2) is 83.6 Å². The van der Waals surface area contributed by atoms with Crippen molar-refractivity contribution in [1.82, 2.24) is 0 Å². The molecule has 2 unspecified atom stereocenters. The number of ether oxygens (including phenoxy) is 2. The maximum Gasteiger partial charge on any atom is 0.384 e. The number of nitrogens with zero attached hydrogens (tertiary/aromatic N) is 1. The lowest BCUT2D eigenvalue weighted by molar-refractivity contribution is -0.901. The second kappa shape index (κ2) is 35.8. The third-order valence-corrected chi connectivity index (χ3v) is 12.8. The lowest BCUT2D eigenvalue weighted by Crippen LogP contribution is -2.49. The van der Waals surface area contributed by atoms with Gasteiger partial charge in [0.25, 0.3) is 0 Å². The van der Waals surface area contributed by atoms with E-state index in [9.17, 15) is 29.3 Å². The Hall–Kier alpha value is -1.29. The molecule has 0 aliphatic rings. The molecule has 0 spiro atoms. The average Bonchev–Trinajstić information content (AvgIpc) is 3.15. The van der Waals surface area contributed by atoms with Crippen molar-refractivity contribution in [3.8, 4) is 0 Å². The number of rotatable bonds is 40. The third kappa shape index (κ3) is 33.4. The van der Waals surface area contributed by atoms with Crippen LogP contribution in [0.2, 0.25) is 0 Å². The number of allylic oxidation sites excluding steroid dienone is 2. The summed E-state index contributed by atoms with van der Waals surface area (Å²) in [4.78, 5) is 36.2. The zero-order chi connectivity index (χ0) is 41.0. The molecule has 0 aromatic heterocycles. The van der Waals surface area contributed by atoms with E-state index in [-0.39, 0.29) is 42.9 Å². The van der Waals surface area contributed by atoms with Gasteiger partial charge in [-0.05, 0) is 45.4 Å². The fourth-order valence-electron chi connectivity index (χ4n) is 6.57. The lowest BCUT2D eigenvalue weighted by atomic mass is 10.0. The molecule has 3 atom stereocenters. The quantitative estimate of drug-likeness (QED) is 0.0138. The number of quaternary nitrogens is 1. The van der Waals surface area contributed by atoms with Gasteiger partial charge in [-0.25, -0.2) is 0 Å². The Morgan fingerprint density at radius 1 is 0.618 bits per heavy atom. The van der Waals surface area contributed by atoms with E-state index in [1.165, 1.54) is 122 Å². The molecule has 0 amide bonds. The van der Waals surface area contributed by atoms with Gasteiger partial charge >= 0.3 is 19.5 Å². The van der Waals surface area contributed by atoms with Crippen LogP contribution in [0.4, 0.5) is 0 Å². The Morgan fingerprint density at radius 3 is 1.49 bits per heavy atom. The molecule has 0 radical (unpaired) electrons. The molecule has 10 nitrogen and oxygen atoms in total. The first-order valence-corrected chi connectivity index (χ1v) is 24.2. The molecule has 0 aromatic carbocycles. The standard InChI is InChI=1S/C44H86NO9P/c1-6-8-10-12-14-16-18-20-21-23-24-26-28-30-32-34-43(48)52-38-41(39-53-55(50,51)40(3)45(4,5)37-36-42(46)47)54-44(49)35-33-31-29-27-25-22-19-17-15-13-11-9-7-2/h25,27,40-42,46-47H,6-24,26,28-39H2,1-5H3/p+1/b27-25-/t40?,41-/m1/s1. The summed E-state index contributed by atoms with van der Waals surface area (Å²) in [6, 6.07) is 0. The van der Waals surface area contributed by atoms with Crippen molar-refractivity contribution in [2.75, 3.05) is 33.9 Å². The monoisotopic (exact) mass is 805 g/mol. The molecule has 0 heterocycles. The van der Waals surface area contributed by atoms with Gasteiger partial charge in [0.1, 0.15) is 6.61 Å². The highest BCUT2D eigenvalue weighted by Crippen LogP contribution is 2.50. The van der Waals surface area contributed by atoms with Gasteiger partial charge in [-0.1, -0.05) is 154 Å². The van der Waals surface area contributed by atoms with Gasteiger partial charge in [0.05, 0.1) is 27.2 Å². The summed E-state index contributed by atoms with van der Waals surface area (Å²) in [5.74, 6) is -1.75. The van der Waals surface area contributed by atoms with Crippen LogP contribution in [0.15, 0.2) is 12.2 Å². The van der Waals surface area contributed by atoms with E-state index in [1.807, 2.05) is 0 Å². The predicted molar refractivity (Wildman–Crippen MR) is 226 cm³/mol. The summed E-state index contributed by atoms with van der Waals surface area (Å²) in [7, 11) is -0.818. The fourth-order valence-corrected chi connectivity index (χ4v) is 8.08. The molecule has 0 bridgehead atoms. The molecule has 0 aliphatic heterocycles. The van der Waals surface area contributed by atoms with Gasteiger partial charge < -0.3 is 33.6 Å². The topological polar surface area (TPSA) is 140 Å². The fraction of sp³-hybridized carbons (Fsp3) is 0.909. The van der Waals surface area contributed by atoms with E-state index in [2.05, 4.69) is 26.0 Å². The number of carbonyl (C=O) groups excluding carboxylic acids is 2. The highest BCUT2D eigenvalue weighted by Gasteiger charge is 2.42. The van der Waals surface area contributed by atoms with Crippen LogP contribution < -0.4 is 0 Å². The second-order valence-electron chi connectivity index (χ2n) is 16.4. The van der Waals surface area contributed by atoms with Crippen molar-refractivity contribution < 1.29 is 47.7 Å².